The van der Waals surface area contributed by atoms with Crippen LogP contribution in [0.1, 0.15) is 0 Å². The lowest BCUT2D eigenvalue weighted by Crippen LogP contribution is -2.17. The van der Waals surface area contributed by atoms with Crippen LogP contribution in [0.3, 0.4) is 0 Å². The molecular weight excluding hydrogens is 116 g/mol. The number of nitrogens with one attached hydrogen (secondary N) is 3. The maximum absolute atomic E-state index is 3.49. The highest BCUT2D eigenvalue weighted by molar-refractivity contribution is 4.85. The summed E-state index contributed by atoms with van der Waals surface area (Å²) in [5, 5.41) is 2.52. The summed E-state index contributed by atoms with van der Waals surface area (Å²) in [4.78, 5) is 3.49. The van der Waals surface area contributed by atoms with Crippen molar-refractivity contribution in [1.82, 2.24) is 16.3 Å². The van der Waals surface area contributed by atoms with Gasteiger partial charge in [0.25, 0.3) is 0 Å². The molecule has 0 spiro atoms. The van der Waals surface area contributed by atoms with E-state index in [2.05, 4.69) is 40.6 Å². The van der Waals surface area contributed by atoms with Crippen LogP contribution in [-0.4, -0.2) is 0 Å². The minimum absolute atomic E-state index is 1.46. The number of rotatable bonds is 3. The van der Waals surface area contributed by atoms with Crippen LogP contribution >= 0.6 is 0 Å². The zero-order chi connectivity index (χ0) is 6.95. The predicted molar refractivity (Wildman–Crippen MR) is 37.0 cm³/mol. The molecule has 0 unspecified atom stereocenters. The van der Waals surface area contributed by atoms with E-state index < -0.39 is 0 Å². The first kappa shape index (κ1) is 7.37. The standard InChI is InChI=1S/C5H8N4/c1-3-6-5-8-9-7-4-2/h3-4,7,9H,1-2H2/p+1. The Labute approximate surface area is 54.0 Å². The van der Waals surface area contributed by atoms with Crippen LogP contribution in [0.2, 0.25) is 0 Å². The molecule has 48 valence electrons. The normalized spacial score (nSPS) is 5.78. The van der Waals surface area contributed by atoms with Crippen LogP contribution in [0, 0.1) is 6.19 Å². The largest absolute Gasteiger partial charge is 0.412 e. The van der Waals surface area contributed by atoms with Crippen LogP contribution in [0.25, 0.3) is 4.95 Å². The van der Waals surface area contributed by atoms with E-state index in [0.717, 1.165) is 0 Å². The summed E-state index contributed by atoms with van der Waals surface area (Å²) in [7, 11) is 0. The molecule has 0 bridgehead atoms. The molecule has 9 heavy (non-hydrogen) atoms. The molecule has 4 nitrogen and oxygen atoms in total. The quantitative estimate of drug-likeness (QED) is 0.218. The Balaban J connectivity index is 3.14. The van der Waals surface area contributed by atoms with Gasteiger partial charge in [-0.2, -0.15) is 5.32 Å². The van der Waals surface area contributed by atoms with Gasteiger partial charge in [0.15, 0.2) is 0 Å². The van der Waals surface area contributed by atoms with Crippen molar-refractivity contribution >= 4 is 0 Å². The monoisotopic (exact) mass is 125 g/mol. The molecule has 0 fully saturated rings. The third-order valence-corrected chi connectivity index (χ3v) is 0.445. The molecule has 0 saturated carbocycles. The van der Waals surface area contributed by atoms with Gasteiger partial charge in [0.1, 0.15) is 0 Å². The molecule has 0 radical (unpaired) electrons. The predicted octanol–water partition coefficient (Wildman–Crippen LogP) is 0.163. The van der Waals surface area contributed by atoms with E-state index in [1.165, 1.54) is 12.4 Å². The molecule has 3 N–H and O–H groups in total. The van der Waals surface area contributed by atoms with Crippen LogP contribution in [0.15, 0.2) is 25.6 Å². The average Bonchev–Trinajstić information content (AvgIpc) is 1.89. The van der Waals surface area contributed by atoms with Gasteiger partial charge in [0, 0.05) is 6.20 Å². The highest BCUT2D eigenvalue weighted by Gasteiger charge is 1.72. The Morgan fingerprint density at radius 2 is 2.11 bits per heavy atom. The minimum Gasteiger partial charge on any atom is -0.265 e. The van der Waals surface area contributed by atoms with Crippen molar-refractivity contribution in [3.8, 4) is 6.19 Å². The second-order valence-corrected chi connectivity index (χ2v) is 1.03. The van der Waals surface area contributed by atoms with Crippen molar-refractivity contribution in [3.63, 3.8) is 0 Å². The van der Waals surface area contributed by atoms with Crippen molar-refractivity contribution in [2.75, 3.05) is 0 Å². The first-order valence-electron chi connectivity index (χ1n) is 2.34. The number of hydrogen-bond acceptors (Lipinski definition) is 3. The molecule has 4 heteroatoms. The number of nitrogens with zero attached hydrogens (tertiary/aromatic N) is 1. The number of hydrogen-bond donors (Lipinski definition) is 3. The SMILES string of the molecule is C=CNC#[N+]NNC=C. The molecule has 0 saturated heterocycles. The lowest BCUT2D eigenvalue weighted by molar-refractivity contribution is 0.772. The lowest BCUT2D eigenvalue weighted by Gasteiger charge is -1.82. The number of hydrazine groups is 1. The fourth-order valence-electron chi connectivity index (χ4n) is 0.184. The van der Waals surface area contributed by atoms with Gasteiger partial charge in [-0.25, -0.2) is 0 Å². The Hall–Kier alpha value is -1.63. The van der Waals surface area contributed by atoms with Crippen molar-refractivity contribution < 1.29 is 0 Å². The third-order valence-electron chi connectivity index (χ3n) is 0.445. The summed E-state index contributed by atoms with van der Waals surface area (Å²) in [5.74, 6) is 0. The van der Waals surface area contributed by atoms with E-state index >= 15 is 0 Å². The van der Waals surface area contributed by atoms with Gasteiger partial charge < -0.3 is 0 Å². The van der Waals surface area contributed by atoms with Gasteiger partial charge in [-0.05, 0) is 4.95 Å². The van der Waals surface area contributed by atoms with Gasteiger partial charge in [-0.1, -0.05) is 18.7 Å². The summed E-state index contributed by atoms with van der Waals surface area (Å²) in [6, 6.07) is 0. The molecule has 0 rings (SSSR count). The molecule has 0 aromatic heterocycles. The van der Waals surface area contributed by atoms with Crippen LogP contribution in [0.4, 0.5) is 0 Å². The van der Waals surface area contributed by atoms with E-state index in [1.807, 2.05) is 0 Å². The second kappa shape index (κ2) is 6.37. The molecular formula is C5H9N4+. The van der Waals surface area contributed by atoms with Crippen LogP contribution in [-0.2, 0) is 0 Å². The first-order chi connectivity index (χ1) is 4.41. The Morgan fingerprint density at radius 1 is 1.33 bits per heavy atom. The van der Waals surface area contributed by atoms with Gasteiger partial charge in [-0.3, -0.25) is 5.43 Å². The zero-order valence-electron chi connectivity index (χ0n) is 5.02. The first-order valence-corrected chi connectivity index (χ1v) is 2.34. The summed E-state index contributed by atoms with van der Waals surface area (Å²) >= 11 is 0. The minimum atomic E-state index is 1.46. The smallest absolute Gasteiger partial charge is 0.265 e. The van der Waals surface area contributed by atoms with Gasteiger partial charge >= 0.3 is 6.19 Å². The van der Waals surface area contributed by atoms with Crippen molar-refractivity contribution in [3.05, 3.63) is 30.5 Å². The zero-order valence-corrected chi connectivity index (χ0v) is 5.02. The Morgan fingerprint density at radius 3 is 2.67 bits per heavy atom. The molecule has 0 aliphatic heterocycles. The van der Waals surface area contributed by atoms with Crippen LogP contribution in [0.5, 0.6) is 0 Å². The van der Waals surface area contributed by atoms with Crippen LogP contribution < -0.4 is 16.3 Å². The summed E-state index contributed by atoms with van der Waals surface area (Å²) in [5.41, 5.74) is 4.92. The van der Waals surface area contributed by atoms with Gasteiger partial charge in [0.2, 0.25) is 0 Å². The fourth-order valence-corrected chi connectivity index (χ4v) is 0.184. The van der Waals surface area contributed by atoms with Crippen molar-refractivity contribution in [1.29, 1.82) is 0 Å². The maximum atomic E-state index is 3.49. The van der Waals surface area contributed by atoms with E-state index in [4.69, 9.17) is 0 Å². The summed E-state index contributed by atoms with van der Waals surface area (Å²) in [6.07, 6.45) is 5.32. The highest BCUT2D eigenvalue weighted by Crippen LogP contribution is 1.51. The molecule has 0 amide bonds. The molecule has 0 aromatic carbocycles. The van der Waals surface area contributed by atoms with E-state index in [0.29, 0.717) is 0 Å². The van der Waals surface area contributed by atoms with E-state index in [9.17, 15) is 0 Å². The average molecular weight is 125 g/mol. The maximum Gasteiger partial charge on any atom is 0.412 e. The van der Waals surface area contributed by atoms with E-state index in [-0.39, 0.29) is 0 Å². The van der Waals surface area contributed by atoms with Gasteiger partial charge in [-0.15, -0.1) is 0 Å². The summed E-state index contributed by atoms with van der Waals surface area (Å²) in [6.45, 7) is 6.75. The molecule has 0 aromatic rings. The topological polar surface area (TPSA) is 40.5 Å². The van der Waals surface area contributed by atoms with Crippen molar-refractivity contribution in [2.24, 2.45) is 0 Å². The van der Waals surface area contributed by atoms with Gasteiger partial charge in [0.05, 0.1) is 6.20 Å². The molecule has 0 heterocycles. The Kier molecular flexibility index (Phi) is 5.22. The highest BCUT2D eigenvalue weighted by atomic mass is 15.5. The molecule has 0 aliphatic carbocycles. The second-order valence-electron chi connectivity index (χ2n) is 1.03. The third kappa shape index (κ3) is 6.37. The lowest BCUT2D eigenvalue weighted by atomic mass is 11.0. The van der Waals surface area contributed by atoms with E-state index in [1.54, 1.807) is 0 Å². The summed E-state index contributed by atoms with van der Waals surface area (Å²) < 4.78 is 0. The van der Waals surface area contributed by atoms with Crippen molar-refractivity contribution in [2.45, 2.75) is 0 Å². The fraction of sp³-hybridized carbons (Fsp3) is 0. The molecule has 0 aliphatic rings. The molecule has 0 atom stereocenters. The Bertz CT molecular complexity index is 141.